The van der Waals surface area contributed by atoms with E-state index < -0.39 is 27.9 Å². The van der Waals surface area contributed by atoms with Crippen LogP contribution in [0.5, 0.6) is 0 Å². The summed E-state index contributed by atoms with van der Waals surface area (Å²) < 4.78 is 32.6. The fraction of sp³-hybridized carbons (Fsp3) is 1.00. The van der Waals surface area contributed by atoms with E-state index in [4.69, 9.17) is 26.6 Å². The lowest BCUT2D eigenvalue weighted by atomic mass is 10.5. The lowest BCUT2D eigenvalue weighted by Gasteiger charge is -2.30. The lowest BCUT2D eigenvalue weighted by molar-refractivity contribution is 0.121. The second-order valence-electron chi connectivity index (χ2n) is 3.88. The molecule has 1 atom stereocenters. The predicted molar refractivity (Wildman–Crippen MR) is 76.9 cm³/mol. The van der Waals surface area contributed by atoms with Gasteiger partial charge >= 0.3 is 18.1 Å². The molecule has 0 aliphatic heterocycles. The van der Waals surface area contributed by atoms with Crippen LogP contribution in [0.25, 0.3) is 0 Å². The van der Waals surface area contributed by atoms with E-state index in [2.05, 4.69) is 0 Å². The van der Waals surface area contributed by atoms with Crippen molar-refractivity contribution < 1.29 is 26.6 Å². The first-order valence-corrected chi connectivity index (χ1v) is 10.9. The summed E-state index contributed by atoms with van der Waals surface area (Å²) in [5, 5.41) is 0. The zero-order valence-corrected chi connectivity index (χ0v) is 15.8. The zero-order chi connectivity index (χ0) is 14.0. The van der Waals surface area contributed by atoms with Gasteiger partial charge in [-0.25, -0.2) is 0 Å². The number of hydrogen-bond donors (Lipinski definition) is 0. The molecule has 0 aromatic heterocycles. The van der Waals surface area contributed by atoms with Crippen molar-refractivity contribution in [3.63, 3.8) is 0 Å². The van der Waals surface area contributed by atoms with Gasteiger partial charge in [0.2, 0.25) is 0 Å². The van der Waals surface area contributed by atoms with E-state index in [0.29, 0.717) is 6.04 Å². The average Bonchev–Trinajstić information content (AvgIpc) is 2.42. The first-order valence-electron chi connectivity index (χ1n) is 5.83. The maximum absolute atomic E-state index is 5.48. The Morgan fingerprint density at radius 3 is 1.78 bits per heavy atom. The quantitative estimate of drug-likeness (QED) is 0.496. The van der Waals surface area contributed by atoms with Crippen molar-refractivity contribution in [1.82, 2.24) is 0 Å². The van der Waals surface area contributed by atoms with Gasteiger partial charge in [-0.2, -0.15) is 0 Å². The van der Waals surface area contributed by atoms with E-state index in [0.717, 1.165) is 6.04 Å². The molecule has 0 bridgehead atoms. The summed E-state index contributed by atoms with van der Waals surface area (Å²) in [7, 11) is 5.14. The molecular weight excluding hydrogens is 288 g/mol. The van der Waals surface area contributed by atoms with Gasteiger partial charge in [-0.1, -0.05) is 0 Å². The van der Waals surface area contributed by atoms with Crippen molar-refractivity contribution in [3.8, 4) is 0 Å². The highest BCUT2D eigenvalue weighted by Gasteiger charge is 2.43. The highest BCUT2D eigenvalue weighted by atomic mass is 28.4. The SMILES string of the molecule is CO[SiH2]CC(C[Si](OC)(OC)OC)[SiH](OC)OC. The minimum atomic E-state index is -2.58. The summed E-state index contributed by atoms with van der Waals surface area (Å²) in [5.41, 5.74) is 0.290. The van der Waals surface area contributed by atoms with Gasteiger partial charge in [0.15, 0.2) is 9.76 Å². The van der Waals surface area contributed by atoms with Crippen LogP contribution in [-0.4, -0.2) is 70.5 Å². The van der Waals surface area contributed by atoms with Crippen LogP contribution in [0.1, 0.15) is 0 Å². The molecule has 1 unspecified atom stereocenters. The maximum Gasteiger partial charge on any atom is 0.500 e. The van der Waals surface area contributed by atoms with E-state index in [1.807, 2.05) is 0 Å². The Balaban J connectivity index is 4.72. The number of hydrogen-bond acceptors (Lipinski definition) is 6. The molecule has 0 rings (SSSR count). The summed E-state index contributed by atoms with van der Waals surface area (Å²) in [5.74, 6) is 0. The second-order valence-corrected chi connectivity index (χ2v) is 11.1. The number of rotatable bonds is 11. The highest BCUT2D eigenvalue weighted by Crippen LogP contribution is 2.30. The molecule has 0 aromatic rings. The molecule has 0 aliphatic carbocycles. The zero-order valence-electron chi connectivity index (χ0n) is 12.2. The van der Waals surface area contributed by atoms with Crippen molar-refractivity contribution in [3.05, 3.63) is 0 Å². The van der Waals surface area contributed by atoms with E-state index in [1.54, 1.807) is 42.7 Å². The average molecular weight is 315 g/mol. The van der Waals surface area contributed by atoms with Crippen LogP contribution < -0.4 is 0 Å². The van der Waals surface area contributed by atoms with Crippen molar-refractivity contribution in [2.45, 2.75) is 17.6 Å². The molecule has 0 aliphatic rings. The summed E-state index contributed by atoms with van der Waals surface area (Å²) >= 11 is 0. The molecule has 110 valence electrons. The van der Waals surface area contributed by atoms with Crippen LogP contribution in [-0.2, 0) is 26.6 Å². The molecule has 0 amide bonds. The molecule has 18 heavy (non-hydrogen) atoms. The molecule has 0 aromatic carbocycles. The minimum absolute atomic E-state index is 0.290. The molecule has 0 radical (unpaired) electrons. The summed E-state index contributed by atoms with van der Waals surface area (Å²) in [6.45, 7) is 0. The largest absolute Gasteiger partial charge is 0.500 e. The van der Waals surface area contributed by atoms with Gasteiger partial charge in [0.05, 0.1) is 0 Å². The predicted octanol–water partition coefficient (Wildman–Crippen LogP) is -0.104. The third-order valence-electron chi connectivity index (χ3n) is 2.99. The van der Waals surface area contributed by atoms with Crippen LogP contribution in [0, 0.1) is 0 Å². The monoisotopic (exact) mass is 314 g/mol. The molecule has 0 spiro atoms. The molecule has 6 nitrogen and oxygen atoms in total. The van der Waals surface area contributed by atoms with Gasteiger partial charge in [0, 0.05) is 54.2 Å². The fourth-order valence-corrected chi connectivity index (χ4v) is 9.00. The fourth-order valence-electron chi connectivity index (χ4n) is 1.91. The highest BCUT2D eigenvalue weighted by molar-refractivity contribution is 6.63. The van der Waals surface area contributed by atoms with E-state index in [9.17, 15) is 0 Å². The van der Waals surface area contributed by atoms with Gasteiger partial charge in [0.25, 0.3) is 0 Å². The molecule has 0 saturated carbocycles. The molecule has 0 N–H and O–H groups in total. The normalized spacial score (nSPS) is 14.8. The Kier molecular flexibility index (Phi) is 10.5. The maximum atomic E-state index is 5.48. The van der Waals surface area contributed by atoms with Gasteiger partial charge in [-0.05, 0) is 6.04 Å². The Bertz CT molecular complexity index is 192. The molecule has 9 heteroatoms. The Labute approximate surface area is 115 Å². The van der Waals surface area contributed by atoms with Gasteiger partial charge in [-0.3, -0.25) is 0 Å². The van der Waals surface area contributed by atoms with E-state index >= 15 is 0 Å². The van der Waals surface area contributed by atoms with Gasteiger partial charge in [-0.15, -0.1) is 0 Å². The van der Waals surface area contributed by atoms with Gasteiger partial charge < -0.3 is 26.6 Å². The van der Waals surface area contributed by atoms with Crippen LogP contribution >= 0.6 is 0 Å². The van der Waals surface area contributed by atoms with Crippen molar-refractivity contribution in [1.29, 1.82) is 0 Å². The molecule has 0 saturated heterocycles. The van der Waals surface area contributed by atoms with Crippen molar-refractivity contribution in [2.24, 2.45) is 0 Å². The summed E-state index contributed by atoms with van der Waals surface area (Å²) in [6.07, 6.45) is 0. The Morgan fingerprint density at radius 1 is 0.944 bits per heavy atom. The van der Waals surface area contributed by atoms with Gasteiger partial charge in [0.1, 0.15) is 0 Å². The Hall–Kier alpha value is 0.411. The van der Waals surface area contributed by atoms with Crippen LogP contribution in [0.3, 0.4) is 0 Å². The lowest BCUT2D eigenvalue weighted by Crippen LogP contribution is -2.46. The second kappa shape index (κ2) is 10.2. The van der Waals surface area contributed by atoms with Crippen LogP contribution in [0.4, 0.5) is 0 Å². The smallest absolute Gasteiger partial charge is 0.427 e. The van der Waals surface area contributed by atoms with Crippen LogP contribution in [0.15, 0.2) is 0 Å². The van der Waals surface area contributed by atoms with Crippen molar-refractivity contribution >= 4 is 27.9 Å². The van der Waals surface area contributed by atoms with E-state index in [-0.39, 0.29) is 5.54 Å². The topological polar surface area (TPSA) is 55.4 Å². The molecule has 0 heterocycles. The Morgan fingerprint density at radius 2 is 1.44 bits per heavy atom. The first kappa shape index (κ1) is 18.4. The third kappa shape index (κ3) is 5.59. The first-order chi connectivity index (χ1) is 8.62. The standard InChI is InChI=1S/C9H26O6Si3/c1-10-16-7-9(17(11-2)12-3)8-18(13-4,14-5)15-6/h9,17H,7-8,16H2,1-6H3. The third-order valence-corrected chi connectivity index (χ3v) is 10.7. The van der Waals surface area contributed by atoms with Crippen LogP contribution in [0.2, 0.25) is 17.6 Å². The molecular formula is C9H26O6Si3. The summed E-state index contributed by atoms with van der Waals surface area (Å²) in [4.78, 5) is 0. The molecule has 0 fully saturated rings. The minimum Gasteiger partial charge on any atom is -0.427 e. The van der Waals surface area contributed by atoms with E-state index in [1.165, 1.54) is 0 Å². The van der Waals surface area contributed by atoms with Crippen molar-refractivity contribution in [2.75, 3.05) is 42.7 Å². The summed E-state index contributed by atoms with van der Waals surface area (Å²) in [6, 6.07) is 1.70.